The highest BCUT2D eigenvalue weighted by molar-refractivity contribution is 7.98. The van der Waals surface area contributed by atoms with Crippen molar-refractivity contribution < 1.29 is 14.3 Å². The summed E-state index contributed by atoms with van der Waals surface area (Å²) in [5, 5.41) is 12.6. The summed E-state index contributed by atoms with van der Waals surface area (Å²) >= 11 is 1.62. The second kappa shape index (κ2) is 10.6. The number of imidazole rings is 1. The lowest BCUT2D eigenvalue weighted by Crippen LogP contribution is -2.29. The van der Waals surface area contributed by atoms with Crippen molar-refractivity contribution in [2.75, 3.05) is 17.3 Å². The highest BCUT2D eigenvalue weighted by atomic mass is 32.2. The minimum atomic E-state index is -0.864. The normalized spacial score (nSPS) is 12.5. The predicted molar refractivity (Wildman–Crippen MR) is 121 cm³/mol. The molecule has 0 aliphatic heterocycles. The van der Waals surface area contributed by atoms with Crippen molar-refractivity contribution in [3.05, 3.63) is 84.2 Å². The summed E-state index contributed by atoms with van der Waals surface area (Å²) in [4.78, 5) is 15.6. The van der Waals surface area contributed by atoms with E-state index in [0.717, 1.165) is 28.1 Å². The number of benzene rings is 2. The summed E-state index contributed by atoms with van der Waals surface area (Å²) in [7, 11) is 0. The van der Waals surface area contributed by atoms with Crippen molar-refractivity contribution in [2.45, 2.75) is 19.0 Å². The fourth-order valence-corrected chi connectivity index (χ4v) is 3.55. The van der Waals surface area contributed by atoms with E-state index < -0.39 is 12.0 Å². The number of carboxylic acid groups (broad SMARTS) is 1. The lowest BCUT2D eigenvalue weighted by molar-refractivity contribution is -0.137. The lowest BCUT2D eigenvalue weighted by atomic mass is 10.0. The van der Waals surface area contributed by atoms with Crippen molar-refractivity contribution in [3.63, 3.8) is 0 Å². The number of thioether (sulfide) groups is 1. The lowest BCUT2D eigenvalue weighted by Gasteiger charge is -2.16. The summed E-state index contributed by atoms with van der Waals surface area (Å²) in [5.74, 6) is -0.377. The Morgan fingerprint density at radius 2 is 2.10 bits per heavy atom. The van der Waals surface area contributed by atoms with Gasteiger partial charge in [-0.2, -0.15) is 11.8 Å². The van der Waals surface area contributed by atoms with Gasteiger partial charge in [0.05, 0.1) is 6.33 Å². The molecule has 3 aromatic rings. The van der Waals surface area contributed by atoms with E-state index in [-0.39, 0.29) is 5.82 Å². The third kappa shape index (κ3) is 6.22. The number of nitrogens with one attached hydrogen (secondary N) is 1. The van der Waals surface area contributed by atoms with Gasteiger partial charge in [-0.3, -0.25) is 0 Å². The van der Waals surface area contributed by atoms with Gasteiger partial charge >= 0.3 is 5.97 Å². The van der Waals surface area contributed by atoms with Gasteiger partial charge in [0.15, 0.2) is 0 Å². The molecule has 0 radical (unpaired) electrons. The molecule has 3 rings (SSSR count). The van der Waals surface area contributed by atoms with E-state index in [1.807, 2.05) is 47.4 Å². The number of aromatic nitrogens is 2. The fourth-order valence-electron chi connectivity index (χ4n) is 3.07. The smallest absolute Gasteiger partial charge is 0.326 e. The van der Waals surface area contributed by atoms with Gasteiger partial charge < -0.3 is 15.0 Å². The highest BCUT2D eigenvalue weighted by Crippen LogP contribution is 2.23. The molecule has 30 heavy (non-hydrogen) atoms. The van der Waals surface area contributed by atoms with Crippen molar-refractivity contribution in [1.29, 1.82) is 0 Å². The van der Waals surface area contributed by atoms with Crippen LogP contribution < -0.4 is 5.32 Å². The Bertz CT molecular complexity index is 988. The molecule has 0 amide bonds. The first-order chi connectivity index (χ1) is 14.5. The fraction of sp³-hybridized carbons (Fsp3) is 0.217. The quantitative estimate of drug-likeness (QED) is 0.453. The molecule has 0 fully saturated rings. The standard InChI is InChI=1S/C23H24FN3O2S/c1-30-12-9-22(23(28)29)26-21-4-2-3-17(14-21)13-19(15-27-11-10-25-16-27)18-5-7-20(24)8-6-18/h2-8,10-11,13-14,16,22,26H,9,12,15H2,1H3,(H,28,29)/t22-/m0/s1. The van der Waals surface area contributed by atoms with Gasteiger partial charge in [0.2, 0.25) is 0 Å². The first-order valence-corrected chi connectivity index (χ1v) is 10.9. The number of halogens is 1. The molecule has 1 aromatic heterocycles. The van der Waals surface area contributed by atoms with E-state index >= 15 is 0 Å². The van der Waals surface area contributed by atoms with Gasteiger partial charge in [-0.1, -0.05) is 24.3 Å². The van der Waals surface area contributed by atoms with Gasteiger partial charge in [-0.25, -0.2) is 14.2 Å². The van der Waals surface area contributed by atoms with Crippen LogP contribution in [0.3, 0.4) is 0 Å². The molecule has 0 aliphatic rings. The maximum atomic E-state index is 13.4. The maximum absolute atomic E-state index is 13.4. The highest BCUT2D eigenvalue weighted by Gasteiger charge is 2.16. The summed E-state index contributed by atoms with van der Waals surface area (Å²) < 4.78 is 15.3. The van der Waals surface area contributed by atoms with Crippen LogP contribution in [-0.2, 0) is 11.3 Å². The number of hydrogen-bond acceptors (Lipinski definition) is 4. The van der Waals surface area contributed by atoms with E-state index in [9.17, 15) is 14.3 Å². The Morgan fingerprint density at radius 1 is 1.30 bits per heavy atom. The van der Waals surface area contributed by atoms with Crippen molar-refractivity contribution >= 4 is 35.1 Å². The van der Waals surface area contributed by atoms with Gasteiger partial charge in [0, 0.05) is 24.6 Å². The Kier molecular flexibility index (Phi) is 7.68. The Morgan fingerprint density at radius 3 is 2.77 bits per heavy atom. The van der Waals surface area contributed by atoms with Crippen molar-refractivity contribution in [3.8, 4) is 0 Å². The average Bonchev–Trinajstić information content (AvgIpc) is 3.24. The molecule has 1 atom stereocenters. The van der Waals surface area contributed by atoms with E-state index in [1.54, 1.807) is 36.4 Å². The molecule has 1 heterocycles. The minimum absolute atomic E-state index is 0.281. The van der Waals surface area contributed by atoms with Crippen LogP contribution in [0, 0.1) is 5.82 Å². The molecule has 156 valence electrons. The van der Waals surface area contributed by atoms with Crippen LogP contribution in [0.4, 0.5) is 10.1 Å². The second-order valence-corrected chi connectivity index (χ2v) is 7.84. The molecule has 0 aliphatic carbocycles. The second-order valence-electron chi connectivity index (χ2n) is 6.85. The zero-order valence-electron chi connectivity index (χ0n) is 16.7. The first kappa shape index (κ1) is 21.6. The van der Waals surface area contributed by atoms with Crippen LogP contribution in [0.25, 0.3) is 11.6 Å². The molecule has 0 saturated heterocycles. The molecule has 2 N–H and O–H groups in total. The summed E-state index contributed by atoms with van der Waals surface area (Å²) in [6, 6.07) is 13.4. The maximum Gasteiger partial charge on any atom is 0.326 e. The summed E-state index contributed by atoms with van der Waals surface area (Å²) in [6.45, 7) is 0.578. The zero-order valence-corrected chi connectivity index (χ0v) is 17.5. The Hall–Kier alpha value is -3.06. The molecule has 0 bridgehead atoms. The Labute approximate surface area is 179 Å². The molecule has 0 spiro atoms. The Balaban J connectivity index is 1.87. The van der Waals surface area contributed by atoms with Crippen molar-refractivity contribution in [1.82, 2.24) is 9.55 Å². The number of carboxylic acids is 1. The summed E-state index contributed by atoms with van der Waals surface area (Å²) in [5.41, 5.74) is 3.57. The zero-order chi connectivity index (χ0) is 21.3. The van der Waals surface area contributed by atoms with Gasteiger partial charge in [0.1, 0.15) is 11.9 Å². The average molecular weight is 426 g/mol. The minimum Gasteiger partial charge on any atom is -0.480 e. The van der Waals surface area contributed by atoms with E-state index in [2.05, 4.69) is 10.3 Å². The largest absolute Gasteiger partial charge is 0.480 e. The molecule has 7 heteroatoms. The van der Waals surface area contributed by atoms with E-state index in [4.69, 9.17) is 0 Å². The number of anilines is 1. The summed E-state index contributed by atoms with van der Waals surface area (Å²) in [6.07, 6.45) is 9.85. The van der Waals surface area contributed by atoms with Crippen LogP contribution >= 0.6 is 11.8 Å². The van der Waals surface area contributed by atoms with Gasteiger partial charge in [0.25, 0.3) is 0 Å². The van der Waals surface area contributed by atoms with Crippen LogP contribution in [0.5, 0.6) is 0 Å². The van der Waals surface area contributed by atoms with E-state index in [0.29, 0.717) is 13.0 Å². The van der Waals surface area contributed by atoms with Crippen LogP contribution in [0.2, 0.25) is 0 Å². The van der Waals surface area contributed by atoms with E-state index in [1.165, 1.54) is 12.1 Å². The molecule has 5 nitrogen and oxygen atoms in total. The van der Waals surface area contributed by atoms with Crippen LogP contribution in [-0.4, -0.2) is 38.7 Å². The van der Waals surface area contributed by atoms with Crippen LogP contribution in [0.15, 0.2) is 67.3 Å². The SMILES string of the molecule is CSCC[C@H](Nc1cccc(C=C(Cn2ccnc2)c2ccc(F)cc2)c1)C(=O)O. The monoisotopic (exact) mass is 425 g/mol. The third-order valence-electron chi connectivity index (χ3n) is 4.60. The molecular weight excluding hydrogens is 401 g/mol. The third-order valence-corrected chi connectivity index (χ3v) is 5.25. The van der Waals surface area contributed by atoms with Gasteiger partial charge in [-0.15, -0.1) is 0 Å². The number of hydrogen-bond donors (Lipinski definition) is 2. The molecular formula is C23H24FN3O2S. The number of allylic oxidation sites excluding steroid dienone is 1. The molecule has 2 aromatic carbocycles. The predicted octanol–water partition coefficient (Wildman–Crippen LogP) is 4.88. The first-order valence-electron chi connectivity index (χ1n) is 9.56. The van der Waals surface area contributed by atoms with Crippen LogP contribution in [0.1, 0.15) is 17.5 Å². The molecule has 0 saturated carbocycles. The number of nitrogens with zero attached hydrogens (tertiary/aromatic N) is 2. The number of carbonyl (C=O) groups is 1. The van der Waals surface area contributed by atoms with Gasteiger partial charge in [-0.05, 0) is 65.5 Å². The van der Waals surface area contributed by atoms with Crippen molar-refractivity contribution in [2.24, 2.45) is 0 Å². The number of rotatable bonds is 10. The number of aliphatic carboxylic acids is 1. The topological polar surface area (TPSA) is 67.2 Å². The molecule has 0 unspecified atom stereocenters.